The number of hydrogen-bond donors (Lipinski definition) is 0. The van der Waals surface area contributed by atoms with Crippen LogP contribution in [0, 0.1) is 5.54 Å². The second-order valence-electron chi connectivity index (χ2n) is 1.81. The van der Waals surface area contributed by atoms with Crippen LogP contribution < -0.4 is 0 Å². The molecule has 1 aliphatic rings. The molecule has 1 rings (SSSR count). The lowest BCUT2D eigenvalue weighted by Gasteiger charge is -2.18. The first kappa shape index (κ1) is 3.41. The summed E-state index contributed by atoms with van der Waals surface area (Å²) in [5, 5.41) is 0. The molecule has 0 aliphatic heterocycles. The molecule has 0 amide bonds. The highest BCUT2D eigenvalue weighted by Gasteiger charge is 2.09. The first-order valence-electron chi connectivity index (χ1n) is 2.21. The van der Waals surface area contributed by atoms with Crippen molar-refractivity contribution < 1.29 is 0 Å². The Morgan fingerprint density at radius 3 is 1.80 bits per heavy atom. The molecule has 1 heteroatoms. The first-order valence-corrected chi connectivity index (χ1v) is 3.21. The van der Waals surface area contributed by atoms with E-state index in [2.05, 4.69) is 0 Å². The second kappa shape index (κ2) is 1.13. The van der Waals surface area contributed by atoms with Crippen LogP contribution in [-0.2, 0) is 0 Å². The Morgan fingerprint density at radius 1 is 1.40 bits per heavy atom. The van der Waals surface area contributed by atoms with Crippen molar-refractivity contribution in [3.05, 3.63) is 5.54 Å². The summed E-state index contributed by atoms with van der Waals surface area (Å²) in [6, 6.07) is 0. The van der Waals surface area contributed by atoms with Crippen LogP contribution in [0.2, 0.25) is 0 Å². The van der Waals surface area contributed by atoms with Crippen LogP contribution in [0.3, 0.4) is 0 Å². The second-order valence-corrected chi connectivity index (χ2v) is 3.22. The van der Waals surface area contributed by atoms with Crippen LogP contribution in [-0.4, -0.2) is 10.2 Å². The molecule has 0 nitrogen and oxygen atoms in total. The highest BCUT2D eigenvalue weighted by atomic mass is 28.1. The summed E-state index contributed by atoms with van der Waals surface area (Å²) in [4.78, 5) is 0. The third kappa shape index (κ3) is 0.536. The van der Waals surface area contributed by atoms with E-state index in [0.717, 1.165) is 0 Å². The van der Waals surface area contributed by atoms with Gasteiger partial charge in [0.15, 0.2) is 0 Å². The predicted octanol–water partition coefficient (Wildman–Crippen LogP) is 0.0677. The molecule has 29 valence electrons. The van der Waals surface area contributed by atoms with Crippen molar-refractivity contribution in [2.75, 3.05) is 0 Å². The average molecular weight is 85.2 g/mol. The summed E-state index contributed by atoms with van der Waals surface area (Å²) in [7, 11) is 1.37. The van der Waals surface area contributed by atoms with E-state index in [1.165, 1.54) is 29.5 Å². The highest BCUT2D eigenvalue weighted by molar-refractivity contribution is 6.19. The van der Waals surface area contributed by atoms with Gasteiger partial charge in [-0.25, -0.2) is 0 Å². The van der Waals surface area contributed by atoms with Crippen molar-refractivity contribution in [3.8, 4) is 0 Å². The molecule has 0 aromatic carbocycles. The van der Waals surface area contributed by atoms with E-state index in [-0.39, 0.29) is 0 Å². The average Bonchev–Trinajstić information content (AvgIpc) is 1.30. The third-order valence-corrected chi connectivity index (χ3v) is 2.21. The maximum atomic E-state index is 1.82. The third-order valence-electron chi connectivity index (χ3n) is 1.21. The predicted molar refractivity (Wildman–Crippen MR) is 27.0 cm³/mol. The standard InChI is InChI=1S/C4H9Si/c5-4-2-1-3-4/h1-3H2,5H3. The minimum atomic E-state index is 1.37. The van der Waals surface area contributed by atoms with Crippen molar-refractivity contribution in [2.24, 2.45) is 0 Å². The fourth-order valence-corrected chi connectivity index (χ4v) is 1.24. The molecule has 0 unspecified atom stereocenters. The van der Waals surface area contributed by atoms with E-state index in [4.69, 9.17) is 0 Å². The van der Waals surface area contributed by atoms with Crippen LogP contribution in [0.15, 0.2) is 0 Å². The monoisotopic (exact) mass is 85.0 g/mol. The van der Waals surface area contributed by atoms with E-state index in [0.29, 0.717) is 0 Å². The van der Waals surface area contributed by atoms with Gasteiger partial charge in [0.1, 0.15) is 0 Å². The Bertz CT molecular complexity index is 30.6. The van der Waals surface area contributed by atoms with E-state index >= 15 is 0 Å². The van der Waals surface area contributed by atoms with Crippen LogP contribution in [0.4, 0.5) is 0 Å². The minimum absolute atomic E-state index is 1.37. The fourth-order valence-electron chi connectivity index (χ4n) is 0.530. The lowest BCUT2D eigenvalue weighted by molar-refractivity contribution is 0.620. The smallest absolute Gasteiger partial charge is 0.0109 e. The Morgan fingerprint density at radius 2 is 1.80 bits per heavy atom. The van der Waals surface area contributed by atoms with Gasteiger partial charge in [-0.1, -0.05) is 19.3 Å². The van der Waals surface area contributed by atoms with Crippen molar-refractivity contribution in [2.45, 2.75) is 19.3 Å². The molecule has 0 atom stereocenters. The maximum Gasteiger partial charge on any atom is 0.0109 e. The maximum absolute atomic E-state index is 1.82. The van der Waals surface area contributed by atoms with Gasteiger partial charge >= 0.3 is 0 Å². The summed E-state index contributed by atoms with van der Waals surface area (Å²) in [6.45, 7) is 0. The van der Waals surface area contributed by atoms with Crippen LogP contribution in [0.25, 0.3) is 0 Å². The van der Waals surface area contributed by atoms with Crippen LogP contribution >= 0.6 is 0 Å². The van der Waals surface area contributed by atoms with Gasteiger partial charge < -0.3 is 0 Å². The van der Waals surface area contributed by atoms with Gasteiger partial charge in [0, 0.05) is 10.2 Å². The highest BCUT2D eigenvalue weighted by Crippen LogP contribution is 2.23. The van der Waals surface area contributed by atoms with Gasteiger partial charge in [0.05, 0.1) is 0 Å². The Balaban J connectivity index is 2.08. The molecule has 0 spiro atoms. The summed E-state index contributed by atoms with van der Waals surface area (Å²) in [6.07, 6.45) is 4.41. The molecular formula is C4H9Si. The van der Waals surface area contributed by atoms with Crippen LogP contribution in [0.5, 0.6) is 0 Å². The number of rotatable bonds is 0. The zero-order chi connectivity index (χ0) is 3.70. The molecule has 0 aromatic rings. The van der Waals surface area contributed by atoms with Gasteiger partial charge in [-0.15, -0.1) is 0 Å². The minimum Gasteiger partial charge on any atom is -0.0528 e. The molecule has 0 N–H and O–H groups in total. The van der Waals surface area contributed by atoms with Crippen molar-refractivity contribution in [1.82, 2.24) is 0 Å². The quantitative estimate of drug-likeness (QED) is 0.365. The molecule has 1 aliphatic carbocycles. The molecule has 5 heavy (non-hydrogen) atoms. The lowest BCUT2D eigenvalue weighted by atomic mass is 10.00. The van der Waals surface area contributed by atoms with Gasteiger partial charge in [-0.2, -0.15) is 0 Å². The normalized spacial score (nSPS) is 26.4. The number of hydrogen-bond acceptors (Lipinski definition) is 0. The molecule has 0 bridgehead atoms. The molecule has 1 radical (unpaired) electrons. The van der Waals surface area contributed by atoms with Crippen molar-refractivity contribution >= 4 is 10.2 Å². The summed E-state index contributed by atoms with van der Waals surface area (Å²) < 4.78 is 0. The topological polar surface area (TPSA) is 0 Å². The Labute approximate surface area is 36.0 Å². The lowest BCUT2D eigenvalue weighted by Crippen LogP contribution is -2.06. The van der Waals surface area contributed by atoms with Crippen molar-refractivity contribution in [3.63, 3.8) is 0 Å². The van der Waals surface area contributed by atoms with Crippen molar-refractivity contribution in [1.29, 1.82) is 0 Å². The largest absolute Gasteiger partial charge is 0.0528 e. The molecule has 1 saturated carbocycles. The molecule has 1 fully saturated rings. The SMILES string of the molecule is [SiH3][C]1CCC1. The van der Waals surface area contributed by atoms with Gasteiger partial charge in [-0.3, -0.25) is 0 Å². The van der Waals surface area contributed by atoms with E-state index in [1.807, 2.05) is 5.54 Å². The first-order chi connectivity index (χ1) is 2.39. The summed E-state index contributed by atoms with van der Waals surface area (Å²) >= 11 is 0. The molecule has 0 heterocycles. The Kier molecular flexibility index (Phi) is 0.770. The zero-order valence-corrected chi connectivity index (χ0v) is 5.62. The molecule has 0 saturated heterocycles. The van der Waals surface area contributed by atoms with E-state index in [1.54, 1.807) is 0 Å². The van der Waals surface area contributed by atoms with E-state index in [9.17, 15) is 0 Å². The van der Waals surface area contributed by atoms with Gasteiger partial charge in [0.2, 0.25) is 0 Å². The van der Waals surface area contributed by atoms with Crippen LogP contribution in [0.1, 0.15) is 19.3 Å². The molecular weight excluding hydrogens is 76.1 g/mol. The van der Waals surface area contributed by atoms with Gasteiger partial charge in [0.25, 0.3) is 0 Å². The fraction of sp³-hybridized carbons (Fsp3) is 0.750. The summed E-state index contributed by atoms with van der Waals surface area (Å²) in [5.41, 5.74) is 1.82. The Hall–Kier alpha value is 0.217. The summed E-state index contributed by atoms with van der Waals surface area (Å²) in [5.74, 6) is 0. The van der Waals surface area contributed by atoms with E-state index < -0.39 is 0 Å². The zero-order valence-electron chi connectivity index (χ0n) is 3.62. The molecule has 0 aromatic heterocycles. The van der Waals surface area contributed by atoms with Gasteiger partial charge in [-0.05, 0) is 5.54 Å².